The molecule has 2 atom stereocenters. The zero-order valence-electron chi connectivity index (χ0n) is 10.0. The number of fused-ring (bicyclic) bond motifs is 1. The highest BCUT2D eigenvalue weighted by Crippen LogP contribution is 2.33. The van der Waals surface area contributed by atoms with E-state index in [0.717, 1.165) is 32.1 Å². The van der Waals surface area contributed by atoms with Gasteiger partial charge in [-0.05, 0) is 25.5 Å². The molecule has 3 rings (SSSR count). The largest absolute Gasteiger partial charge is 0.493 e. The zero-order valence-corrected chi connectivity index (χ0v) is 10.0. The molecule has 1 N–H and O–H groups in total. The van der Waals surface area contributed by atoms with E-state index in [1.54, 1.807) is 0 Å². The Labute approximate surface area is 102 Å². The van der Waals surface area contributed by atoms with Gasteiger partial charge in [-0.3, -0.25) is 0 Å². The molecule has 0 bridgehead atoms. The average Bonchev–Trinajstić information content (AvgIpc) is 2.81. The van der Waals surface area contributed by atoms with Crippen LogP contribution in [0, 0.1) is 0 Å². The summed E-state index contributed by atoms with van der Waals surface area (Å²) in [5.74, 6) is 1.44. The lowest BCUT2D eigenvalue weighted by molar-refractivity contribution is 0.0256. The fraction of sp³-hybridized carbons (Fsp3) is 0.571. The fourth-order valence-corrected chi connectivity index (χ4v) is 2.58. The van der Waals surface area contributed by atoms with Crippen LogP contribution < -0.4 is 10.1 Å². The number of piperidine rings is 1. The van der Waals surface area contributed by atoms with Crippen LogP contribution >= 0.6 is 0 Å². The minimum atomic E-state index is 0.386. The van der Waals surface area contributed by atoms with E-state index in [1.807, 2.05) is 12.1 Å². The number of para-hydroxylation sites is 1. The summed E-state index contributed by atoms with van der Waals surface area (Å²) in [6.07, 6.45) is 2.79. The molecule has 1 saturated heterocycles. The van der Waals surface area contributed by atoms with Crippen molar-refractivity contribution in [1.82, 2.24) is 5.32 Å². The summed E-state index contributed by atoms with van der Waals surface area (Å²) in [6, 6.07) is 8.28. The Morgan fingerprint density at radius 1 is 1.35 bits per heavy atom. The number of benzene rings is 1. The molecule has 0 radical (unpaired) electrons. The Morgan fingerprint density at radius 2 is 2.29 bits per heavy atom. The van der Waals surface area contributed by atoms with Crippen LogP contribution in [-0.4, -0.2) is 32.4 Å². The summed E-state index contributed by atoms with van der Waals surface area (Å²) < 4.78 is 11.6. The van der Waals surface area contributed by atoms with Gasteiger partial charge in [0.25, 0.3) is 0 Å². The second-order valence-corrected chi connectivity index (χ2v) is 4.85. The molecule has 3 nitrogen and oxygen atoms in total. The summed E-state index contributed by atoms with van der Waals surface area (Å²) in [7, 11) is 0. The van der Waals surface area contributed by atoms with Gasteiger partial charge < -0.3 is 14.8 Å². The van der Waals surface area contributed by atoms with Crippen molar-refractivity contribution in [2.75, 3.05) is 26.3 Å². The first-order valence-electron chi connectivity index (χ1n) is 6.47. The van der Waals surface area contributed by atoms with Crippen LogP contribution in [-0.2, 0) is 4.74 Å². The first-order valence-corrected chi connectivity index (χ1v) is 6.47. The maximum absolute atomic E-state index is 5.98. The topological polar surface area (TPSA) is 30.5 Å². The first kappa shape index (κ1) is 11.1. The van der Waals surface area contributed by atoms with E-state index >= 15 is 0 Å². The van der Waals surface area contributed by atoms with Gasteiger partial charge >= 0.3 is 0 Å². The smallest absolute Gasteiger partial charge is 0.123 e. The molecule has 0 aliphatic carbocycles. The van der Waals surface area contributed by atoms with Gasteiger partial charge in [0, 0.05) is 18.0 Å². The molecule has 3 heteroatoms. The van der Waals surface area contributed by atoms with Crippen LogP contribution in [0.3, 0.4) is 0 Å². The molecule has 0 spiro atoms. The van der Waals surface area contributed by atoms with Crippen molar-refractivity contribution in [3.05, 3.63) is 29.8 Å². The standard InChI is InChI=1S/C14H19NO2/c1-2-6-14-13(5-1)11(10-17-14)9-16-12-4-3-7-15-8-12/h1-2,5-6,11-12,15H,3-4,7-10H2. The molecule has 17 heavy (non-hydrogen) atoms. The van der Waals surface area contributed by atoms with Crippen LogP contribution in [0.5, 0.6) is 5.75 Å². The summed E-state index contributed by atoms with van der Waals surface area (Å²) in [6.45, 7) is 3.67. The summed E-state index contributed by atoms with van der Waals surface area (Å²) in [4.78, 5) is 0. The monoisotopic (exact) mass is 233 g/mol. The Balaban J connectivity index is 1.56. The second kappa shape index (κ2) is 5.07. The van der Waals surface area contributed by atoms with Crippen LogP contribution in [0.1, 0.15) is 24.3 Å². The molecule has 1 fully saturated rings. The van der Waals surface area contributed by atoms with E-state index in [9.17, 15) is 0 Å². The lowest BCUT2D eigenvalue weighted by Crippen LogP contribution is -2.36. The van der Waals surface area contributed by atoms with Crippen molar-refractivity contribution >= 4 is 0 Å². The van der Waals surface area contributed by atoms with Gasteiger partial charge in [-0.15, -0.1) is 0 Å². The van der Waals surface area contributed by atoms with Gasteiger partial charge in [-0.1, -0.05) is 18.2 Å². The van der Waals surface area contributed by atoms with Gasteiger partial charge in [-0.2, -0.15) is 0 Å². The summed E-state index contributed by atoms with van der Waals surface area (Å²) in [5, 5.41) is 3.37. The molecule has 1 aromatic rings. The van der Waals surface area contributed by atoms with E-state index in [4.69, 9.17) is 9.47 Å². The molecule has 0 saturated carbocycles. The van der Waals surface area contributed by atoms with Gasteiger partial charge in [-0.25, -0.2) is 0 Å². The average molecular weight is 233 g/mol. The predicted molar refractivity (Wildman–Crippen MR) is 66.5 cm³/mol. The van der Waals surface area contributed by atoms with E-state index < -0.39 is 0 Å². The number of rotatable bonds is 3. The number of hydrogen-bond acceptors (Lipinski definition) is 3. The van der Waals surface area contributed by atoms with E-state index in [0.29, 0.717) is 12.0 Å². The Morgan fingerprint density at radius 3 is 3.18 bits per heavy atom. The molecule has 0 aromatic heterocycles. The molecule has 0 amide bonds. The van der Waals surface area contributed by atoms with Crippen LogP contribution in [0.15, 0.2) is 24.3 Å². The van der Waals surface area contributed by atoms with E-state index in [1.165, 1.54) is 18.4 Å². The zero-order chi connectivity index (χ0) is 11.5. The third kappa shape index (κ3) is 2.45. The third-order valence-corrected chi connectivity index (χ3v) is 3.58. The molecular weight excluding hydrogens is 214 g/mol. The number of nitrogens with one attached hydrogen (secondary N) is 1. The van der Waals surface area contributed by atoms with Gasteiger partial charge in [0.15, 0.2) is 0 Å². The summed E-state index contributed by atoms with van der Waals surface area (Å²) >= 11 is 0. The normalized spacial score (nSPS) is 27.5. The van der Waals surface area contributed by atoms with Crippen molar-refractivity contribution < 1.29 is 9.47 Å². The number of hydrogen-bond donors (Lipinski definition) is 1. The van der Waals surface area contributed by atoms with Crippen molar-refractivity contribution in [1.29, 1.82) is 0 Å². The number of ether oxygens (including phenoxy) is 2. The molecule has 2 unspecified atom stereocenters. The van der Waals surface area contributed by atoms with Crippen LogP contribution in [0.25, 0.3) is 0 Å². The molecular formula is C14H19NO2. The maximum Gasteiger partial charge on any atom is 0.123 e. The van der Waals surface area contributed by atoms with Crippen LogP contribution in [0.2, 0.25) is 0 Å². The minimum Gasteiger partial charge on any atom is -0.493 e. The molecule has 92 valence electrons. The lowest BCUT2D eigenvalue weighted by atomic mass is 10.0. The third-order valence-electron chi connectivity index (χ3n) is 3.58. The maximum atomic E-state index is 5.98. The summed E-state index contributed by atoms with van der Waals surface area (Å²) in [5.41, 5.74) is 1.30. The van der Waals surface area contributed by atoms with Crippen LogP contribution in [0.4, 0.5) is 0 Å². The molecule has 2 heterocycles. The van der Waals surface area contributed by atoms with Gasteiger partial charge in [0.2, 0.25) is 0 Å². The molecule has 2 aliphatic heterocycles. The lowest BCUT2D eigenvalue weighted by Gasteiger charge is -2.24. The Hall–Kier alpha value is -1.06. The molecule has 2 aliphatic rings. The van der Waals surface area contributed by atoms with Crippen molar-refractivity contribution in [2.45, 2.75) is 24.9 Å². The minimum absolute atomic E-state index is 0.386. The predicted octanol–water partition coefficient (Wildman–Crippen LogP) is 1.93. The van der Waals surface area contributed by atoms with E-state index in [-0.39, 0.29) is 0 Å². The highest BCUT2D eigenvalue weighted by Gasteiger charge is 2.25. The quantitative estimate of drug-likeness (QED) is 0.865. The SMILES string of the molecule is c1ccc2c(c1)OCC2COC1CCCNC1. The van der Waals surface area contributed by atoms with Crippen molar-refractivity contribution in [2.24, 2.45) is 0 Å². The fourth-order valence-electron chi connectivity index (χ4n) is 2.58. The second-order valence-electron chi connectivity index (χ2n) is 4.85. The van der Waals surface area contributed by atoms with Crippen molar-refractivity contribution in [3.8, 4) is 5.75 Å². The highest BCUT2D eigenvalue weighted by atomic mass is 16.5. The van der Waals surface area contributed by atoms with Gasteiger partial charge in [0.05, 0.1) is 19.3 Å². The first-order chi connectivity index (χ1) is 8.43. The van der Waals surface area contributed by atoms with Crippen molar-refractivity contribution in [3.63, 3.8) is 0 Å². The Bertz CT molecular complexity index is 374. The molecule has 1 aromatic carbocycles. The van der Waals surface area contributed by atoms with Gasteiger partial charge in [0.1, 0.15) is 5.75 Å². The highest BCUT2D eigenvalue weighted by molar-refractivity contribution is 5.39. The van der Waals surface area contributed by atoms with E-state index in [2.05, 4.69) is 17.4 Å². The Kier molecular flexibility index (Phi) is 3.29.